The molecule has 0 bridgehead atoms. The van der Waals surface area contributed by atoms with E-state index < -0.39 is 0 Å². The Labute approximate surface area is 93.5 Å². The molecule has 0 aromatic carbocycles. The molecule has 1 aliphatic heterocycles. The molecule has 0 aliphatic carbocycles. The standard InChI is InChI=1S/C12H23N3/c1-10(2)7-15-8-11(5-6-13)14-12(3,4)9-15/h10-11,14H,5,7-9H2,1-4H3. The van der Waals surface area contributed by atoms with E-state index in [4.69, 9.17) is 5.26 Å². The third-order valence-electron chi connectivity index (χ3n) is 2.65. The molecule has 1 atom stereocenters. The molecule has 1 saturated heterocycles. The van der Waals surface area contributed by atoms with Crippen molar-refractivity contribution in [2.24, 2.45) is 5.92 Å². The first-order valence-corrected chi connectivity index (χ1v) is 5.80. The molecule has 1 fully saturated rings. The molecular formula is C12H23N3. The predicted octanol–water partition coefficient (Wildman–Crippen LogP) is 1.61. The molecule has 1 rings (SSSR count). The summed E-state index contributed by atoms with van der Waals surface area (Å²) in [6.45, 7) is 12.1. The van der Waals surface area contributed by atoms with Crippen molar-refractivity contribution in [3.05, 3.63) is 0 Å². The Morgan fingerprint density at radius 3 is 2.73 bits per heavy atom. The van der Waals surface area contributed by atoms with Crippen molar-refractivity contribution in [1.29, 1.82) is 5.26 Å². The molecule has 0 radical (unpaired) electrons. The van der Waals surface area contributed by atoms with Crippen molar-refractivity contribution < 1.29 is 0 Å². The maximum atomic E-state index is 8.75. The summed E-state index contributed by atoms with van der Waals surface area (Å²) in [4.78, 5) is 2.48. The maximum absolute atomic E-state index is 8.75. The van der Waals surface area contributed by atoms with E-state index in [-0.39, 0.29) is 5.54 Å². The zero-order valence-corrected chi connectivity index (χ0v) is 10.4. The molecule has 0 saturated carbocycles. The summed E-state index contributed by atoms with van der Waals surface area (Å²) in [6, 6.07) is 2.59. The number of nitriles is 1. The lowest BCUT2D eigenvalue weighted by atomic mass is 9.96. The Kier molecular flexibility index (Phi) is 4.12. The summed E-state index contributed by atoms with van der Waals surface area (Å²) in [5, 5.41) is 12.3. The van der Waals surface area contributed by atoms with Crippen LogP contribution in [0.1, 0.15) is 34.1 Å². The molecule has 15 heavy (non-hydrogen) atoms. The lowest BCUT2D eigenvalue weighted by Crippen LogP contribution is -2.62. The Bertz CT molecular complexity index is 240. The maximum Gasteiger partial charge on any atom is 0.0638 e. The average molecular weight is 209 g/mol. The van der Waals surface area contributed by atoms with Crippen molar-refractivity contribution in [1.82, 2.24) is 10.2 Å². The summed E-state index contributed by atoms with van der Waals surface area (Å²) < 4.78 is 0. The molecule has 1 aliphatic rings. The minimum atomic E-state index is 0.134. The van der Waals surface area contributed by atoms with Crippen molar-refractivity contribution in [3.8, 4) is 6.07 Å². The fraction of sp³-hybridized carbons (Fsp3) is 0.917. The Balaban J connectivity index is 2.56. The van der Waals surface area contributed by atoms with Gasteiger partial charge in [-0.2, -0.15) is 5.26 Å². The number of piperazine rings is 1. The summed E-state index contributed by atoms with van der Waals surface area (Å²) >= 11 is 0. The average Bonchev–Trinajstić information content (AvgIpc) is 1.99. The number of hydrogen-bond acceptors (Lipinski definition) is 3. The first-order valence-electron chi connectivity index (χ1n) is 5.80. The van der Waals surface area contributed by atoms with Gasteiger partial charge in [-0.3, -0.25) is 4.90 Å². The molecule has 86 valence electrons. The van der Waals surface area contributed by atoms with E-state index in [0.717, 1.165) is 19.6 Å². The monoisotopic (exact) mass is 209 g/mol. The normalized spacial score (nSPS) is 26.5. The first kappa shape index (κ1) is 12.5. The number of hydrogen-bond donors (Lipinski definition) is 1. The van der Waals surface area contributed by atoms with Gasteiger partial charge in [-0.25, -0.2) is 0 Å². The van der Waals surface area contributed by atoms with Crippen LogP contribution in [-0.2, 0) is 0 Å². The van der Waals surface area contributed by atoms with Gasteiger partial charge >= 0.3 is 0 Å². The van der Waals surface area contributed by atoms with Crippen molar-refractivity contribution in [2.75, 3.05) is 19.6 Å². The van der Waals surface area contributed by atoms with E-state index in [1.165, 1.54) is 0 Å². The molecule has 1 N–H and O–H groups in total. The molecule has 1 heterocycles. The van der Waals surface area contributed by atoms with Crippen molar-refractivity contribution in [2.45, 2.75) is 45.7 Å². The van der Waals surface area contributed by atoms with Crippen LogP contribution in [0.25, 0.3) is 0 Å². The van der Waals surface area contributed by atoms with Crippen LogP contribution < -0.4 is 5.32 Å². The van der Waals surface area contributed by atoms with Crippen LogP contribution in [0.5, 0.6) is 0 Å². The molecule has 1 unspecified atom stereocenters. The first-order chi connectivity index (χ1) is 6.93. The number of nitrogens with zero attached hydrogens (tertiary/aromatic N) is 2. The minimum Gasteiger partial charge on any atom is -0.305 e. The highest BCUT2D eigenvalue weighted by molar-refractivity contribution is 4.95. The van der Waals surface area contributed by atoms with Gasteiger partial charge in [0.15, 0.2) is 0 Å². The summed E-state index contributed by atoms with van der Waals surface area (Å²) in [7, 11) is 0. The molecule has 0 spiro atoms. The Morgan fingerprint density at radius 2 is 2.20 bits per heavy atom. The van der Waals surface area contributed by atoms with E-state index >= 15 is 0 Å². The van der Waals surface area contributed by atoms with Crippen LogP contribution in [0.15, 0.2) is 0 Å². The van der Waals surface area contributed by atoms with Gasteiger partial charge in [-0.15, -0.1) is 0 Å². The third-order valence-corrected chi connectivity index (χ3v) is 2.65. The third kappa shape index (κ3) is 4.19. The molecule has 0 aromatic heterocycles. The van der Waals surface area contributed by atoms with Gasteiger partial charge in [0.05, 0.1) is 12.5 Å². The highest BCUT2D eigenvalue weighted by atomic mass is 15.2. The molecule has 3 heteroatoms. The Hall–Kier alpha value is -0.590. The fourth-order valence-electron chi connectivity index (χ4n) is 2.46. The largest absolute Gasteiger partial charge is 0.305 e. The molecule has 0 amide bonds. The zero-order valence-electron chi connectivity index (χ0n) is 10.4. The van der Waals surface area contributed by atoms with Crippen LogP contribution in [0.2, 0.25) is 0 Å². The van der Waals surface area contributed by atoms with Crippen LogP contribution in [0.4, 0.5) is 0 Å². The van der Waals surface area contributed by atoms with Gasteiger partial charge in [0.1, 0.15) is 0 Å². The summed E-state index contributed by atoms with van der Waals surface area (Å²) in [5.41, 5.74) is 0.134. The van der Waals surface area contributed by atoms with Gasteiger partial charge in [-0.05, 0) is 19.8 Å². The van der Waals surface area contributed by atoms with Crippen molar-refractivity contribution in [3.63, 3.8) is 0 Å². The van der Waals surface area contributed by atoms with Gasteiger partial charge < -0.3 is 5.32 Å². The topological polar surface area (TPSA) is 39.1 Å². The summed E-state index contributed by atoms with van der Waals surface area (Å²) in [5.74, 6) is 0.696. The lowest BCUT2D eigenvalue weighted by Gasteiger charge is -2.43. The fourth-order valence-corrected chi connectivity index (χ4v) is 2.46. The van der Waals surface area contributed by atoms with Gasteiger partial charge in [0.25, 0.3) is 0 Å². The van der Waals surface area contributed by atoms with Crippen LogP contribution in [0, 0.1) is 17.2 Å². The van der Waals surface area contributed by atoms with Crippen LogP contribution >= 0.6 is 0 Å². The quantitative estimate of drug-likeness (QED) is 0.767. The highest BCUT2D eigenvalue weighted by Gasteiger charge is 2.31. The second-order valence-corrected chi connectivity index (χ2v) is 5.68. The van der Waals surface area contributed by atoms with E-state index in [1.807, 2.05) is 0 Å². The van der Waals surface area contributed by atoms with E-state index in [1.54, 1.807) is 0 Å². The Morgan fingerprint density at radius 1 is 1.53 bits per heavy atom. The number of rotatable bonds is 3. The minimum absolute atomic E-state index is 0.134. The second-order valence-electron chi connectivity index (χ2n) is 5.68. The van der Waals surface area contributed by atoms with E-state index in [0.29, 0.717) is 18.4 Å². The lowest BCUT2D eigenvalue weighted by molar-refractivity contribution is 0.108. The van der Waals surface area contributed by atoms with E-state index in [9.17, 15) is 0 Å². The van der Waals surface area contributed by atoms with Gasteiger partial charge in [0, 0.05) is 31.2 Å². The predicted molar refractivity (Wildman–Crippen MR) is 62.5 cm³/mol. The van der Waals surface area contributed by atoms with Gasteiger partial charge in [0.2, 0.25) is 0 Å². The second kappa shape index (κ2) is 4.96. The molecular weight excluding hydrogens is 186 g/mol. The van der Waals surface area contributed by atoms with Gasteiger partial charge in [-0.1, -0.05) is 13.8 Å². The smallest absolute Gasteiger partial charge is 0.0638 e. The molecule has 3 nitrogen and oxygen atoms in total. The number of nitrogens with one attached hydrogen (secondary N) is 1. The highest BCUT2D eigenvalue weighted by Crippen LogP contribution is 2.16. The van der Waals surface area contributed by atoms with Crippen LogP contribution in [0.3, 0.4) is 0 Å². The SMILES string of the molecule is CC(C)CN1CC(CC#N)NC(C)(C)C1. The zero-order chi connectivity index (χ0) is 11.5. The van der Waals surface area contributed by atoms with E-state index in [2.05, 4.69) is 44.0 Å². The van der Waals surface area contributed by atoms with Crippen LogP contribution in [-0.4, -0.2) is 36.1 Å². The summed E-state index contributed by atoms with van der Waals surface area (Å²) in [6.07, 6.45) is 0.609. The van der Waals surface area contributed by atoms with Crippen molar-refractivity contribution >= 4 is 0 Å². The molecule has 0 aromatic rings.